The number of ether oxygens (including phenoxy) is 1. The zero-order valence-corrected chi connectivity index (χ0v) is 18.0. The summed E-state index contributed by atoms with van der Waals surface area (Å²) in [6.07, 6.45) is 4.28. The summed E-state index contributed by atoms with van der Waals surface area (Å²) in [7, 11) is 0. The lowest BCUT2D eigenvalue weighted by Gasteiger charge is -2.20. The normalized spacial score (nSPS) is 18.2. The van der Waals surface area contributed by atoms with E-state index in [1.807, 2.05) is 24.3 Å². The average molecular weight is 432 g/mol. The Morgan fingerprint density at radius 1 is 1.20 bits per heavy atom. The molecule has 2 aromatic rings. The van der Waals surface area contributed by atoms with Crippen molar-refractivity contribution in [2.75, 3.05) is 6.61 Å². The van der Waals surface area contributed by atoms with Crippen molar-refractivity contribution >= 4 is 23.2 Å². The van der Waals surface area contributed by atoms with Gasteiger partial charge in [-0.25, -0.2) is 4.79 Å². The minimum absolute atomic E-state index is 0.0291. The van der Waals surface area contributed by atoms with Gasteiger partial charge in [0.15, 0.2) is 0 Å². The molecule has 1 aliphatic heterocycles. The van der Waals surface area contributed by atoms with Crippen LogP contribution in [0.5, 0.6) is 0 Å². The maximum absolute atomic E-state index is 11.5. The van der Waals surface area contributed by atoms with Crippen LogP contribution < -0.4 is 5.32 Å². The zero-order valence-electron chi connectivity index (χ0n) is 17.2. The summed E-state index contributed by atoms with van der Waals surface area (Å²) >= 11 is 1.19. The van der Waals surface area contributed by atoms with Crippen LogP contribution in [0, 0.1) is 0 Å². The van der Waals surface area contributed by atoms with Crippen molar-refractivity contribution < 1.29 is 24.5 Å². The van der Waals surface area contributed by atoms with Crippen LogP contribution in [0.3, 0.4) is 0 Å². The minimum Gasteiger partial charge on any atom is -0.477 e. The Morgan fingerprint density at radius 2 is 1.93 bits per heavy atom. The number of carboxylic acid groups (broad SMARTS) is 1. The molecule has 1 aromatic heterocycles. The van der Waals surface area contributed by atoms with E-state index in [0.717, 1.165) is 48.1 Å². The van der Waals surface area contributed by atoms with Gasteiger partial charge in [0.2, 0.25) is 5.91 Å². The number of nitrogens with one attached hydrogen (secondary N) is 1. The van der Waals surface area contributed by atoms with Gasteiger partial charge in [0, 0.05) is 11.3 Å². The van der Waals surface area contributed by atoms with E-state index in [0.29, 0.717) is 13.0 Å². The Kier molecular flexibility index (Phi) is 8.01. The van der Waals surface area contributed by atoms with E-state index in [9.17, 15) is 19.8 Å². The third-order valence-electron chi connectivity index (χ3n) is 5.35. The molecule has 0 bridgehead atoms. The Morgan fingerprint density at radius 3 is 2.53 bits per heavy atom. The monoisotopic (exact) mass is 431 g/mol. The molecular formula is C23H29NO5S. The van der Waals surface area contributed by atoms with Gasteiger partial charge in [0.05, 0.1) is 18.8 Å². The number of hydrogen-bond donors (Lipinski definition) is 3. The number of rotatable bonds is 11. The highest BCUT2D eigenvalue weighted by Gasteiger charge is 2.25. The Hall–Kier alpha value is -2.22. The van der Waals surface area contributed by atoms with Crippen molar-refractivity contribution in [2.45, 2.75) is 63.7 Å². The van der Waals surface area contributed by atoms with Crippen LogP contribution in [0.4, 0.5) is 0 Å². The summed E-state index contributed by atoms with van der Waals surface area (Å²) in [4.78, 5) is 23.8. The molecule has 2 unspecified atom stereocenters. The summed E-state index contributed by atoms with van der Waals surface area (Å²) < 4.78 is 6.16. The number of hydrogen-bond acceptors (Lipinski definition) is 5. The van der Waals surface area contributed by atoms with Gasteiger partial charge in [-0.2, -0.15) is 0 Å². The van der Waals surface area contributed by atoms with Gasteiger partial charge in [-0.05, 0) is 36.1 Å². The Labute approximate surface area is 180 Å². The molecule has 1 saturated heterocycles. The van der Waals surface area contributed by atoms with Crippen LogP contribution in [-0.2, 0) is 9.53 Å². The number of aromatic carboxylic acids is 1. The van der Waals surface area contributed by atoms with Crippen molar-refractivity contribution in [3.05, 3.63) is 57.3 Å². The van der Waals surface area contributed by atoms with Crippen molar-refractivity contribution in [3.63, 3.8) is 0 Å². The number of unbranched alkanes of at least 4 members (excludes halogenated alkanes) is 2. The highest BCUT2D eigenvalue weighted by atomic mass is 32.1. The van der Waals surface area contributed by atoms with Gasteiger partial charge in [0.1, 0.15) is 11.0 Å². The average Bonchev–Trinajstić information content (AvgIpc) is 3.38. The molecule has 1 aliphatic rings. The largest absolute Gasteiger partial charge is 0.477 e. The summed E-state index contributed by atoms with van der Waals surface area (Å²) in [6.45, 7) is 2.50. The van der Waals surface area contributed by atoms with Gasteiger partial charge < -0.3 is 20.3 Å². The first-order chi connectivity index (χ1) is 14.5. The van der Waals surface area contributed by atoms with Gasteiger partial charge in [-0.3, -0.25) is 4.79 Å². The van der Waals surface area contributed by atoms with Crippen molar-refractivity contribution in [1.82, 2.24) is 5.32 Å². The second-order valence-corrected chi connectivity index (χ2v) is 8.82. The lowest BCUT2D eigenvalue weighted by atomic mass is 10.00. The van der Waals surface area contributed by atoms with Crippen LogP contribution in [0.25, 0.3) is 0 Å². The topological polar surface area (TPSA) is 95.9 Å². The van der Waals surface area contributed by atoms with Crippen LogP contribution in [0.1, 0.15) is 83.3 Å². The molecule has 2 heterocycles. The molecule has 1 amide bonds. The van der Waals surface area contributed by atoms with Crippen LogP contribution >= 0.6 is 11.3 Å². The molecule has 3 N–H and O–H groups in total. The van der Waals surface area contributed by atoms with E-state index in [2.05, 4.69) is 12.2 Å². The van der Waals surface area contributed by atoms with Crippen molar-refractivity contribution in [1.29, 1.82) is 0 Å². The standard InChI is InChI=1S/C23H29NO5S/c1-2-3-4-5-18(25)15-6-8-16(9-7-15)22(19-11-12-20(30-19)23(27)28)29-14-17-10-13-21(26)24-17/h6-9,11-12,17-18,22,25H,2-5,10,13-14H2,1H3,(H,24,26)(H,27,28)/t17?,18?,22-/m1/s1. The van der Waals surface area contributed by atoms with Gasteiger partial charge in [-0.1, -0.05) is 50.5 Å². The van der Waals surface area contributed by atoms with Crippen molar-refractivity contribution in [2.24, 2.45) is 0 Å². The quantitative estimate of drug-likeness (QED) is 0.457. The number of amides is 1. The highest BCUT2D eigenvalue weighted by Crippen LogP contribution is 2.33. The zero-order chi connectivity index (χ0) is 21.5. The Balaban J connectivity index is 1.74. The number of aliphatic hydroxyl groups excluding tert-OH is 1. The molecular weight excluding hydrogens is 402 g/mol. The molecule has 30 heavy (non-hydrogen) atoms. The van der Waals surface area contributed by atoms with E-state index in [-0.39, 0.29) is 16.8 Å². The van der Waals surface area contributed by atoms with Gasteiger partial charge in [-0.15, -0.1) is 11.3 Å². The van der Waals surface area contributed by atoms with Crippen LogP contribution in [0.15, 0.2) is 36.4 Å². The number of carbonyl (C=O) groups excluding carboxylic acids is 1. The van der Waals surface area contributed by atoms with E-state index >= 15 is 0 Å². The predicted molar refractivity (Wildman–Crippen MR) is 116 cm³/mol. The van der Waals surface area contributed by atoms with Crippen LogP contribution in [-0.4, -0.2) is 34.7 Å². The van der Waals surface area contributed by atoms with E-state index in [1.165, 1.54) is 11.3 Å². The number of carboxylic acids is 1. The molecule has 7 heteroatoms. The fraction of sp³-hybridized carbons (Fsp3) is 0.478. The van der Waals surface area contributed by atoms with E-state index in [1.54, 1.807) is 12.1 Å². The Bertz CT molecular complexity index is 848. The number of carbonyl (C=O) groups is 2. The van der Waals surface area contributed by atoms with E-state index in [4.69, 9.17) is 4.74 Å². The maximum Gasteiger partial charge on any atom is 0.345 e. The van der Waals surface area contributed by atoms with Crippen molar-refractivity contribution in [3.8, 4) is 0 Å². The smallest absolute Gasteiger partial charge is 0.345 e. The lowest BCUT2D eigenvalue weighted by molar-refractivity contribution is -0.119. The maximum atomic E-state index is 11.5. The molecule has 6 nitrogen and oxygen atoms in total. The van der Waals surface area contributed by atoms with E-state index < -0.39 is 18.2 Å². The number of aliphatic hydroxyl groups is 1. The molecule has 0 radical (unpaired) electrons. The minimum atomic E-state index is -0.960. The first kappa shape index (κ1) is 22.5. The first-order valence-electron chi connectivity index (χ1n) is 10.5. The number of benzene rings is 1. The summed E-state index contributed by atoms with van der Waals surface area (Å²) in [5.41, 5.74) is 1.76. The molecule has 3 atom stereocenters. The fourth-order valence-electron chi connectivity index (χ4n) is 3.61. The highest BCUT2D eigenvalue weighted by molar-refractivity contribution is 7.14. The first-order valence-corrected chi connectivity index (χ1v) is 11.3. The SMILES string of the molecule is CCCCCC(O)c1ccc([C@@H](OCC2CCC(=O)N2)c2ccc(C(=O)O)s2)cc1. The molecule has 0 spiro atoms. The third kappa shape index (κ3) is 5.90. The fourth-order valence-corrected chi connectivity index (χ4v) is 4.54. The summed E-state index contributed by atoms with van der Waals surface area (Å²) in [6, 6.07) is 11.0. The summed E-state index contributed by atoms with van der Waals surface area (Å²) in [5, 5.41) is 22.6. The lowest BCUT2D eigenvalue weighted by Crippen LogP contribution is -2.30. The molecule has 1 fully saturated rings. The number of thiophene rings is 1. The van der Waals surface area contributed by atoms with Gasteiger partial charge in [0.25, 0.3) is 0 Å². The third-order valence-corrected chi connectivity index (χ3v) is 6.47. The second kappa shape index (κ2) is 10.7. The van der Waals surface area contributed by atoms with Crippen LogP contribution in [0.2, 0.25) is 0 Å². The summed E-state index contributed by atoms with van der Waals surface area (Å²) in [5.74, 6) is -0.926. The molecule has 1 aromatic carbocycles. The molecule has 0 saturated carbocycles. The molecule has 162 valence electrons. The molecule has 0 aliphatic carbocycles. The van der Waals surface area contributed by atoms with Gasteiger partial charge >= 0.3 is 5.97 Å². The molecule has 3 rings (SSSR count). The predicted octanol–water partition coefficient (Wildman–Crippen LogP) is 4.44. The second-order valence-electron chi connectivity index (χ2n) is 7.70.